The van der Waals surface area contributed by atoms with Crippen LogP contribution in [0, 0.1) is 11.8 Å². The summed E-state index contributed by atoms with van der Waals surface area (Å²) in [5.74, 6) is 1.90. The van der Waals surface area contributed by atoms with Crippen molar-refractivity contribution in [3.8, 4) is 5.88 Å². The van der Waals surface area contributed by atoms with Crippen molar-refractivity contribution in [1.29, 1.82) is 0 Å². The van der Waals surface area contributed by atoms with E-state index in [-0.39, 0.29) is 5.91 Å². The molecule has 96 valence electrons. The Morgan fingerprint density at radius 1 is 1.50 bits per heavy atom. The number of pyridine rings is 1. The average molecular weight is 246 g/mol. The molecule has 0 radical (unpaired) electrons. The summed E-state index contributed by atoms with van der Waals surface area (Å²) in [6, 6.07) is 3.90. The van der Waals surface area contributed by atoms with Crippen LogP contribution in [0.25, 0.3) is 0 Å². The van der Waals surface area contributed by atoms with Crippen molar-refractivity contribution in [1.82, 2.24) is 10.3 Å². The van der Waals surface area contributed by atoms with Crippen LogP contribution in [-0.4, -0.2) is 23.5 Å². The molecule has 0 unspecified atom stereocenters. The number of hydrogen-bond donors (Lipinski definition) is 1. The average Bonchev–Trinajstić information content (AvgIpc) is 3.27. The Kier molecular flexibility index (Phi) is 2.94. The predicted octanol–water partition coefficient (Wildman–Crippen LogP) is 2.01. The van der Waals surface area contributed by atoms with Gasteiger partial charge in [0.05, 0.1) is 12.2 Å². The van der Waals surface area contributed by atoms with Gasteiger partial charge in [0.2, 0.25) is 5.88 Å². The maximum Gasteiger partial charge on any atom is 0.253 e. The van der Waals surface area contributed by atoms with Gasteiger partial charge in [-0.05, 0) is 37.2 Å². The number of carbonyl (C=O) groups is 1. The van der Waals surface area contributed by atoms with Gasteiger partial charge in [0, 0.05) is 18.3 Å². The molecule has 4 heteroatoms. The molecule has 1 heterocycles. The van der Waals surface area contributed by atoms with Crippen LogP contribution in [0.15, 0.2) is 18.3 Å². The Morgan fingerprint density at radius 2 is 2.28 bits per heavy atom. The number of nitrogens with one attached hydrogen (secondary N) is 1. The highest BCUT2D eigenvalue weighted by Gasteiger charge is 2.34. The van der Waals surface area contributed by atoms with Crippen molar-refractivity contribution in [2.75, 3.05) is 6.61 Å². The van der Waals surface area contributed by atoms with Gasteiger partial charge in [-0.3, -0.25) is 4.79 Å². The van der Waals surface area contributed by atoms with Gasteiger partial charge in [0.15, 0.2) is 0 Å². The van der Waals surface area contributed by atoms with Crippen molar-refractivity contribution >= 4 is 5.91 Å². The molecular weight excluding hydrogens is 228 g/mol. The topological polar surface area (TPSA) is 51.2 Å². The Bertz CT molecular complexity index is 440. The number of amides is 1. The molecule has 2 aliphatic rings. The zero-order valence-electron chi connectivity index (χ0n) is 10.6. The van der Waals surface area contributed by atoms with Crippen LogP contribution >= 0.6 is 0 Å². The molecule has 0 aliphatic heterocycles. The summed E-state index contributed by atoms with van der Waals surface area (Å²) in [5.41, 5.74) is 0.605. The highest BCUT2D eigenvalue weighted by atomic mass is 16.5. The molecule has 1 aromatic rings. The summed E-state index contributed by atoms with van der Waals surface area (Å²) >= 11 is 0. The van der Waals surface area contributed by atoms with E-state index >= 15 is 0 Å². The van der Waals surface area contributed by atoms with Gasteiger partial charge in [-0.2, -0.15) is 0 Å². The summed E-state index contributed by atoms with van der Waals surface area (Å²) in [6.45, 7) is 2.89. The SMILES string of the molecule is C[C@@H]1C[C@H]1NC(=O)c1ccc(OCC2CC2)nc1. The first-order valence-corrected chi connectivity index (χ1v) is 6.62. The van der Waals surface area contributed by atoms with Crippen molar-refractivity contribution in [2.24, 2.45) is 11.8 Å². The molecule has 2 saturated carbocycles. The summed E-state index contributed by atoms with van der Waals surface area (Å²) in [4.78, 5) is 16.0. The fraction of sp³-hybridized carbons (Fsp3) is 0.571. The largest absolute Gasteiger partial charge is 0.477 e. The minimum absolute atomic E-state index is 0.0365. The molecule has 0 aromatic carbocycles. The van der Waals surface area contributed by atoms with Crippen LogP contribution in [0.5, 0.6) is 5.88 Å². The zero-order chi connectivity index (χ0) is 12.5. The second-order valence-electron chi connectivity index (χ2n) is 5.43. The summed E-state index contributed by atoms with van der Waals surface area (Å²) < 4.78 is 5.53. The second kappa shape index (κ2) is 4.59. The van der Waals surface area contributed by atoms with E-state index in [4.69, 9.17) is 4.74 Å². The van der Waals surface area contributed by atoms with Crippen LogP contribution in [0.4, 0.5) is 0 Å². The van der Waals surface area contributed by atoms with Gasteiger partial charge in [-0.25, -0.2) is 4.98 Å². The zero-order valence-corrected chi connectivity index (χ0v) is 10.6. The number of nitrogens with zero attached hydrogens (tertiary/aromatic N) is 1. The first-order valence-electron chi connectivity index (χ1n) is 6.62. The lowest BCUT2D eigenvalue weighted by Crippen LogP contribution is -2.26. The fourth-order valence-corrected chi connectivity index (χ4v) is 1.86. The monoisotopic (exact) mass is 246 g/mol. The number of aromatic nitrogens is 1. The molecule has 18 heavy (non-hydrogen) atoms. The first-order chi connectivity index (χ1) is 8.72. The predicted molar refractivity (Wildman–Crippen MR) is 67.5 cm³/mol. The molecule has 1 N–H and O–H groups in total. The van der Waals surface area contributed by atoms with Gasteiger partial charge in [-0.1, -0.05) is 6.92 Å². The quantitative estimate of drug-likeness (QED) is 0.864. The third-order valence-corrected chi connectivity index (χ3v) is 3.59. The molecule has 0 bridgehead atoms. The summed E-state index contributed by atoms with van der Waals surface area (Å²) in [7, 11) is 0. The molecule has 2 atom stereocenters. The van der Waals surface area contributed by atoms with Crippen molar-refractivity contribution in [2.45, 2.75) is 32.2 Å². The van der Waals surface area contributed by atoms with Crippen molar-refractivity contribution in [3.63, 3.8) is 0 Å². The Labute approximate surface area is 107 Å². The smallest absolute Gasteiger partial charge is 0.253 e. The number of ether oxygens (including phenoxy) is 1. The normalized spacial score (nSPS) is 25.6. The van der Waals surface area contributed by atoms with E-state index in [1.54, 1.807) is 18.3 Å². The Morgan fingerprint density at radius 3 is 2.83 bits per heavy atom. The van der Waals surface area contributed by atoms with Gasteiger partial charge in [0.25, 0.3) is 5.91 Å². The van der Waals surface area contributed by atoms with Crippen LogP contribution in [0.3, 0.4) is 0 Å². The van der Waals surface area contributed by atoms with E-state index in [0.717, 1.165) is 13.0 Å². The molecule has 0 saturated heterocycles. The lowest BCUT2D eigenvalue weighted by molar-refractivity contribution is 0.0949. The van der Waals surface area contributed by atoms with E-state index in [1.165, 1.54) is 12.8 Å². The van der Waals surface area contributed by atoms with E-state index in [1.807, 2.05) is 0 Å². The van der Waals surface area contributed by atoms with Gasteiger partial charge in [0.1, 0.15) is 0 Å². The third-order valence-electron chi connectivity index (χ3n) is 3.59. The van der Waals surface area contributed by atoms with E-state index < -0.39 is 0 Å². The van der Waals surface area contributed by atoms with Gasteiger partial charge < -0.3 is 10.1 Å². The Balaban J connectivity index is 1.53. The van der Waals surface area contributed by atoms with Crippen LogP contribution < -0.4 is 10.1 Å². The maximum atomic E-state index is 11.8. The highest BCUT2D eigenvalue weighted by Crippen LogP contribution is 2.30. The lowest BCUT2D eigenvalue weighted by Gasteiger charge is -2.06. The van der Waals surface area contributed by atoms with Crippen LogP contribution in [-0.2, 0) is 0 Å². The molecule has 1 aromatic heterocycles. The summed E-state index contributed by atoms with van der Waals surface area (Å²) in [5, 5.41) is 2.98. The second-order valence-corrected chi connectivity index (χ2v) is 5.43. The summed E-state index contributed by atoms with van der Waals surface area (Å²) in [6.07, 6.45) is 5.20. The van der Waals surface area contributed by atoms with E-state index in [0.29, 0.717) is 29.3 Å². The maximum absolute atomic E-state index is 11.8. The number of carbonyl (C=O) groups excluding carboxylic acids is 1. The minimum atomic E-state index is -0.0365. The van der Waals surface area contributed by atoms with Crippen LogP contribution in [0.2, 0.25) is 0 Å². The fourth-order valence-electron chi connectivity index (χ4n) is 1.86. The van der Waals surface area contributed by atoms with Crippen LogP contribution in [0.1, 0.15) is 36.5 Å². The molecule has 0 spiro atoms. The molecule has 1 amide bonds. The van der Waals surface area contributed by atoms with Crippen molar-refractivity contribution in [3.05, 3.63) is 23.9 Å². The molecule has 3 rings (SSSR count). The molecular formula is C14H18N2O2. The molecule has 2 aliphatic carbocycles. The number of hydrogen-bond acceptors (Lipinski definition) is 3. The first kappa shape index (κ1) is 11.5. The Hall–Kier alpha value is -1.58. The van der Waals surface area contributed by atoms with Crippen molar-refractivity contribution < 1.29 is 9.53 Å². The van der Waals surface area contributed by atoms with E-state index in [2.05, 4.69) is 17.2 Å². The van der Waals surface area contributed by atoms with E-state index in [9.17, 15) is 4.79 Å². The minimum Gasteiger partial charge on any atom is -0.477 e. The molecule has 2 fully saturated rings. The lowest BCUT2D eigenvalue weighted by atomic mass is 10.2. The highest BCUT2D eigenvalue weighted by molar-refractivity contribution is 5.94. The number of rotatable bonds is 5. The standard InChI is InChI=1S/C14H18N2O2/c1-9-6-12(9)16-14(17)11-4-5-13(15-7-11)18-8-10-2-3-10/h4-5,7,9-10,12H,2-3,6,8H2,1H3,(H,16,17)/t9-,12-/m1/s1. The molecule has 4 nitrogen and oxygen atoms in total. The van der Waals surface area contributed by atoms with Gasteiger partial charge >= 0.3 is 0 Å². The van der Waals surface area contributed by atoms with Gasteiger partial charge in [-0.15, -0.1) is 0 Å². The third kappa shape index (κ3) is 2.81.